The lowest BCUT2D eigenvalue weighted by molar-refractivity contribution is -0.384. The summed E-state index contributed by atoms with van der Waals surface area (Å²) in [5.41, 5.74) is 5.41. The Kier molecular flexibility index (Phi) is 4.78. The Bertz CT molecular complexity index is 508. The smallest absolute Gasteiger partial charge is 0.270 e. The molecule has 3 N–H and O–H groups in total. The van der Waals surface area contributed by atoms with E-state index in [1.54, 1.807) is 0 Å². The van der Waals surface area contributed by atoms with Gasteiger partial charge in [0.1, 0.15) is 6.07 Å². The summed E-state index contributed by atoms with van der Waals surface area (Å²) in [4.78, 5) is 21.4. The molecule has 18 heavy (non-hydrogen) atoms. The molecule has 0 fully saturated rings. The van der Waals surface area contributed by atoms with Crippen molar-refractivity contribution in [3.63, 3.8) is 0 Å². The number of rotatable bonds is 5. The highest BCUT2D eigenvalue weighted by atomic mass is 16.6. The third-order valence-corrected chi connectivity index (χ3v) is 2.22. The predicted octanol–water partition coefficient (Wildman–Crippen LogP) is 1.14. The van der Waals surface area contributed by atoms with Gasteiger partial charge in [0.2, 0.25) is 5.91 Å². The number of non-ortho nitro benzene ring substituents is 1. The third kappa shape index (κ3) is 3.54. The number of nitrogens with one attached hydrogen (secondary N) is 1. The average molecular weight is 248 g/mol. The summed E-state index contributed by atoms with van der Waals surface area (Å²) in [6, 6.07) is 5.51. The van der Waals surface area contributed by atoms with Crippen LogP contribution in [0, 0.1) is 21.4 Å². The first-order valence-corrected chi connectivity index (χ1v) is 5.27. The zero-order chi connectivity index (χ0) is 13.5. The van der Waals surface area contributed by atoms with Crippen LogP contribution in [0.1, 0.15) is 18.4 Å². The van der Waals surface area contributed by atoms with E-state index in [9.17, 15) is 14.9 Å². The highest BCUT2D eigenvalue weighted by Gasteiger charge is 2.12. The van der Waals surface area contributed by atoms with Crippen LogP contribution in [0.15, 0.2) is 18.2 Å². The lowest BCUT2D eigenvalue weighted by Crippen LogP contribution is -2.14. The van der Waals surface area contributed by atoms with Gasteiger partial charge in [0.25, 0.3) is 5.69 Å². The van der Waals surface area contributed by atoms with Crippen LogP contribution in [-0.4, -0.2) is 17.4 Å². The number of benzene rings is 1. The van der Waals surface area contributed by atoms with Gasteiger partial charge < -0.3 is 11.1 Å². The fraction of sp³-hybridized carbons (Fsp3) is 0.273. The van der Waals surface area contributed by atoms with Gasteiger partial charge in [-0.1, -0.05) is 0 Å². The standard InChI is InChI=1S/C11H12N4O3/c12-5-1-2-11(16)14-10-4-3-9(15(17)18)6-8(10)7-13/h3-4,6H,1-2,5,12H2,(H,14,16). The molecule has 0 heterocycles. The first-order chi connectivity index (χ1) is 8.58. The molecule has 0 atom stereocenters. The molecule has 0 bridgehead atoms. The van der Waals surface area contributed by atoms with E-state index in [1.165, 1.54) is 12.1 Å². The van der Waals surface area contributed by atoms with E-state index in [2.05, 4.69) is 5.32 Å². The number of nitriles is 1. The predicted molar refractivity (Wildman–Crippen MR) is 64.7 cm³/mol. The SMILES string of the molecule is N#Cc1cc([N+](=O)[O-])ccc1NC(=O)CCCN. The van der Waals surface area contributed by atoms with Crippen LogP contribution in [-0.2, 0) is 4.79 Å². The van der Waals surface area contributed by atoms with E-state index in [-0.39, 0.29) is 29.3 Å². The molecule has 7 nitrogen and oxygen atoms in total. The number of hydrogen-bond donors (Lipinski definition) is 2. The van der Waals surface area contributed by atoms with Crippen LogP contribution in [0.2, 0.25) is 0 Å². The molecule has 1 rings (SSSR count). The normalized spacial score (nSPS) is 9.56. The highest BCUT2D eigenvalue weighted by Crippen LogP contribution is 2.21. The van der Waals surface area contributed by atoms with Gasteiger partial charge >= 0.3 is 0 Å². The quantitative estimate of drug-likeness (QED) is 0.597. The highest BCUT2D eigenvalue weighted by molar-refractivity contribution is 5.92. The van der Waals surface area contributed by atoms with Gasteiger partial charge in [0, 0.05) is 18.6 Å². The number of nitrogens with two attached hydrogens (primary N) is 1. The molecule has 1 amide bonds. The van der Waals surface area contributed by atoms with Crippen molar-refractivity contribution in [1.29, 1.82) is 5.26 Å². The largest absolute Gasteiger partial charge is 0.330 e. The molecule has 0 saturated carbocycles. The summed E-state index contributed by atoms with van der Waals surface area (Å²) in [6.45, 7) is 0.402. The summed E-state index contributed by atoms with van der Waals surface area (Å²) >= 11 is 0. The lowest BCUT2D eigenvalue weighted by Gasteiger charge is -2.06. The molecule has 0 unspecified atom stereocenters. The van der Waals surface area contributed by atoms with Gasteiger partial charge in [0.05, 0.1) is 16.2 Å². The third-order valence-electron chi connectivity index (χ3n) is 2.22. The van der Waals surface area contributed by atoms with Crippen molar-refractivity contribution < 1.29 is 9.72 Å². The van der Waals surface area contributed by atoms with Crippen LogP contribution in [0.4, 0.5) is 11.4 Å². The summed E-state index contributed by atoms with van der Waals surface area (Å²) in [7, 11) is 0. The molecule has 0 aliphatic carbocycles. The van der Waals surface area contributed by atoms with Crippen LogP contribution < -0.4 is 11.1 Å². The number of nitro benzene ring substituents is 1. The van der Waals surface area contributed by atoms with Gasteiger partial charge in [-0.05, 0) is 19.0 Å². The molecular weight excluding hydrogens is 236 g/mol. The number of nitrogens with zero attached hydrogens (tertiary/aromatic N) is 2. The molecule has 0 radical (unpaired) electrons. The Morgan fingerprint density at radius 1 is 1.56 bits per heavy atom. The summed E-state index contributed by atoms with van der Waals surface area (Å²) < 4.78 is 0. The monoisotopic (exact) mass is 248 g/mol. The molecule has 7 heteroatoms. The lowest BCUT2D eigenvalue weighted by atomic mass is 10.1. The fourth-order valence-electron chi connectivity index (χ4n) is 1.32. The zero-order valence-electron chi connectivity index (χ0n) is 9.55. The summed E-state index contributed by atoms with van der Waals surface area (Å²) in [5.74, 6) is -0.272. The average Bonchev–Trinajstić information content (AvgIpc) is 2.36. The number of anilines is 1. The van der Waals surface area contributed by atoms with Gasteiger partial charge in [-0.15, -0.1) is 0 Å². The molecule has 1 aromatic carbocycles. The van der Waals surface area contributed by atoms with Crippen molar-refractivity contribution in [3.05, 3.63) is 33.9 Å². The molecular formula is C11H12N4O3. The Balaban J connectivity index is 2.87. The molecule has 0 aliphatic heterocycles. The van der Waals surface area contributed by atoms with Crippen molar-refractivity contribution in [3.8, 4) is 6.07 Å². The summed E-state index contributed by atoms with van der Waals surface area (Å²) in [6.07, 6.45) is 0.791. The first kappa shape index (κ1) is 13.6. The maximum atomic E-state index is 11.4. The van der Waals surface area contributed by atoms with Gasteiger partial charge in [-0.25, -0.2) is 0 Å². The maximum Gasteiger partial charge on any atom is 0.270 e. The summed E-state index contributed by atoms with van der Waals surface area (Å²) in [5, 5.41) is 21.9. The second kappa shape index (κ2) is 6.32. The Hall–Kier alpha value is -2.46. The number of hydrogen-bond acceptors (Lipinski definition) is 5. The van der Waals surface area contributed by atoms with E-state index in [0.29, 0.717) is 13.0 Å². The van der Waals surface area contributed by atoms with E-state index < -0.39 is 4.92 Å². The van der Waals surface area contributed by atoms with Crippen molar-refractivity contribution >= 4 is 17.3 Å². The minimum absolute atomic E-state index is 0.0605. The van der Waals surface area contributed by atoms with Gasteiger partial charge in [-0.2, -0.15) is 5.26 Å². The molecule has 0 aromatic heterocycles. The van der Waals surface area contributed by atoms with Gasteiger partial charge in [0.15, 0.2) is 0 Å². The number of amides is 1. The fourth-order valence-corrected chi connectivity index (χ4v) is 1.32. The van der Waals surface area contributed by atoms with E-state index in [0.717, 1.165) is 6.07 Å². The number of nitro groups is 1. The Morgan fingerprint density at radius 3 is 2.83 bits per heavy atom. The second-order valence-corrected chi connectivity index (χ2v) is 3.54. The van der Waals surface area contributed by atoms with E-state index >= 15 is 0 Å². The molecule has 1 aromatic rings. The van der Waals surface area contributed by atoms with Crippen LogP contribution in [0.3, 0.4) is 0 Å². The number of carbonyl (C=O) groups is 1. The van der Waals surface area contributed by atoms with Crippen LogP contribution in [0.25, 0.3) is 0 Å². The van der Waals surface area contributed by atoms with Crippen molar-refractivity contribution in [2.75, 3.05) is 11.9 Å². The van der Waals surface area contributed by atoms with Crippen molar-refractivity contribution in [2.24, 2.45) is 5.73 Å². The Labute approximate surface area is 103 Å². The minimum Gasteiger partial charge on any atom is -0.330 e. The van der Waals surface area contributed by atoms with Crippen LogP contribution in [0.5, 0.6) is 0 Å². The Morgan fingerprint density at radius 2 is 2.28 bits per heavy atom. The molecule has 0 saturated heterocycles. The first-order valence-electron chi connectivity index (χ1n) is 5.27. The van der Waals surface area contributed by atoms with Gasteiger partial charge in [-0.3, -0.25) is 14.9 Å². The molecule has 0 aliphatic rings. The van der Waals surface area contributed by atoms with Crippen molar-refractivity contribution in [1.82, 2.24) is 0 Å². The van der Waals surface area contributed by atoms with E-state index in [4.69, 9.17) is 11.0 Å². The second-order valence-electron chi connectivity index (χ2n) is 3.54. The van der Waals surface area contributed by atoms with E-state index in [1.807, 2.05) is 6.07 Å². The van der Waals surface area contributed by atoms with Crippen molar-refractivity contribution in [2.45, 2.75) is 12.8 Å². The maximum absolute atomic E-state index is 11.4. The minimum atomic E-state index is -0.596. The zero-order valence-corrected chi connectivity index (χ0v) is 9.55. The van der Waals surface area contributed by atoms with Crippen LogP contribution >= 0.6 is 0 Å². The molecule has 94 valence electrons. The number of carbonyl (C=O) groups excluding carboxylic acids is 1. The molecule has 0 spiro atoms. The topological polar surface area (TPSA) is 122 Å².